The number of carbonyl (C=O) groups excluding carboxylic acids is 1. The van der Waals surface area contributed by atoms with E-state index in [0.717, 1.165) is 31.0 Å². The van der Waals surface area contributed by atoms with Gasteiger partial charge in [0.1, 0.15) is 5.82 Å². The van der Waals surface area contributed by atoms with E-state index in [1.807, 2.05) is 22.7 Å². The fraction of sp³-hybridized carbons (Fsp3) is 0.364. The van der Waals surface area contributed by atoms with Gasteiger partial charge < -0.3 is 14.8 Å². The molecule has 0 aromatic carbocycles. The molecule has 94 valence electrons. The zero-order valence-electron chi connectivity index (χ0n) is 9.74. The Labute approximate surface area is 108 Å². The van der Waals surface area contributed by atoms with E-state index in [9.17, 15) is 4.79 Å². The van der Waals surface area contributed by atoms with Crippen LogP contribution in [0.15, 0.2) is 24.0 Å². The second-order valence-corrected chi connectivity index (χ2v) is 4.73. The van der Waals surface area contributed by atoms with Crippen LogP contribution in [0.5, 0.6) is 0 Å². The van der Waals surface area contributed by atoms with E-state index in [1.54, 1.807) is 6.20 Å². The molecule has 0 bridgehead atoms. The Hall–Kier alpha value is -1.89. The van der Waals surface area contributed by atoms with Crippen molar-refractivity contribution in [2.45, 2.75) is 6.54 Å². The van der Waals surface area contributed by atoms with Crippen molar-refractivity contribution in [1.82, 2.24) is 24.1 Å². The molecule has 0 saturated carbocycles. The molecule has 1 N–H and O–H groups in total. The Morgan fingerprint density at radius 1 is 1.44 bits per heavy atom. The summed E-state index contributed by atoms with van der Waals surface area (Å²) in [6.07, 6.45) is 5.52. The van der Waals surface area contributed by atoms with Gasteiger partial charge in [0, 0.05) is 49.5 Å². The molecule has 1 fully saturated rings. The fourth-order valence-corrected chi connectivity index (χ4v) is 2.53. The summed E-state index contributed by atoms with van der Waals surface area (Å²) < 4.78 is 6.13. The lowest BCUT2D eigenvalue weighted by molar-refractivity contribution is 0.215. The van der Waals surface area contributed by atoms with Crippen molar-refractivity contribution in [1.29, 1.82) is 0 Å². The number of nitrogens with zero attached hydrogens (tertiary/aromatic N) is 4. The number of hydrogen-bond acceptors (Lipinski definition) is 4. The normalized spacial score (nSPS) is 15.1. The molecular formula is C11H13N5OS. The first-order valence-electron chi connectivity index (χ1n) is 5.78. The van der Waals surface area contributed by atoms with E-state index < -0.39 is 0 Å². The smallest absolute Gasteiger partial charge is 0.317 e. The maximum atomic E-state index is 11.4. The number of hydrogen-bond donors (Lipinski definition) is 1. The Balaban J connectivity index is 1.70. The van der Waals surface area contributed by atoms with E-state index in [1.165, 1.54) is 11.5 Å². The quantitative estimate of drug-likeness (QED) is 0.896. The Bertz CT molecular complexity index is 535. The summed E-state index contributed by atoms with van der Waals surface area (Å²) in [6, 6.07) is 0.0221. The van der Waals surface area contributed by atoms with Crippen molar-refractivity contribution in [2.24, 2.45) is 0 Å². The molecule has 1 saturated heterocycles. The Morgan fingerprint density at radius 2 is 2.39 bits per heavy atom. The number of imidazole rings is 1. The van der Waals surface area contributed by atoms with Crippen LogP contribution in [0, 0.1) is 0 Å². The van der Waals surface area contributed by atoms with Crippen LogP contribution < -0.4 is 5.32 Å². The molecule has 18 heavy (non-hydrogen) atoms. The molecule has 0 radical (unpaired) electrons. The number of urea groups is 1. The first-order chi connectivity index (χ1) is 8.84. The van der Waals surface area contributed by atoms with Crippen LogP contribution in [0.1, 0.15) is 0 Å². The van der Waals surface area contributed by atoms with E-state index in [-0.39, 0.29) is 6.03 Å². The van der Waals surface area contributed by atoms with Gasteiger partial charge in [-0.3, -0.25) is 0 Å². The van der Waals surface area contributed by atoms with Crippen LogP contribution in [0.3, 0.4) is 0 Å². The summed E-state index contributed by atoms with van der Waals surface area (Å²) in [5, 5.41) is 4.77. The molecule has 0 spiro atoms. The average molecular weight is 263 g/mol. The lowest BCUT2D eigenvalue weighted by atomic mass is 10.3. The third-order valence-corrected chi connectivity index (χ3v) is 3.55. The Morgan fingerprint density at radius 3 is 3.11 bits per heavy atom. The van der Waals surface area contributed by atoms with Crippen molar-refractivity contribution in [3.8, 4) is 11.4 Å². The average Bonchev–Trinajstić information content (AvgIpc) is 3.07. The lowest BCUT2D eigenvalue weighted by Crippen LogP contribution is -2.31. The van der Waals surface area contributed by atoms with Crippen molar-refractivity contribution < 1.29 is 4.79 Å². The highest BCUT2D eigenvalue weighted by molar-refractivity contribution is 7.03. The number of amides is 2. The van der Waals surface area contributed by atoms with Crippen LogP contribution in [-0.4, -0.2) is 44.5 Å². The lowest BCUT2D eigenvalue weighted by Gasteiger charge is -2.15. The molecule has 2 aromatic heterocycles. The highest BCUT2D eigenvalue weighted by atomic mass is 32.1. The SMILES string of the molecule is O=C1NCCN1CCn1ccnc1-c1cnsc1. The minimum absolute atomic E-state index is 0.0221. The van der Waals surface area contributed by atoms with Gasteiger partial charge in [-0.2, -0.15) is 0 Å². The van der Waals surface area contributed by atoms with Crippen molar-refractivity contribution in [2.75, 3.05) is 19.6 Å². The van der Waals surface area contributed by atoms with Crippen LogP contribution in [0.4, 0.5) is 4.79 Å². The highest BCUT2D eigenvalue weighted by Gasteiger charge is 2.19. The minimum Gasteiger partial charge on any atom is -0.336 e. The molecular weight excluding hydrogens is 250 g/mol. The summed E-state index contributed by atoms with van der Waals surface area (Å²) >= 11 is 1.41. The van der Waals surface area contributed by atoms with Crippen molar-refractivity contribution in [3.63, 3.8) is 0 Å². The number of nitrogens with one attached hydrogen (secondary N) is 1. The maximum absolute atomic E-state index is 11.4. The number of aromatic nitrogens is 3. The van der Waals surface area contributed by atoms with Crippen LogP contribution >= 0.6 is 11.5 Å². The third kappa shape index (κ3) is 2.08. The van der Waals surface area contributed by atoms with Gasteiger partial charge in [-0.15, -0.1) is 0 Å². The second-order valence-electron chi connectivity index (χ2n) is 4.08. The standard InChI is InChI=1S/C11H13N5OS/c17-11-13-2-4-16(11)6-5-15-3-1-12-10(15)9-7-14-18-8-9/h1,3,7-8H,2,4-6H2,(H,13,17). The summed E-state index contributed by atoms with van der Waals surface area (Å²) in [5.41, 5.74) is 1.02. The first kappa shape index (κ1) is 11.2. The molecule has 0 unspecified atom stereocenters. The van der Waals surface area contributed by atoms with Gasteiger partial charge in [-0.25, -0.2) is 14.2 Å². The van der Waals surface area contributed by atoms with Gasteiger partial charge in [-0.1, -0.05) is 0 Å². The van der Waals surface area contributed by atoms with E-state index in [4.69, 9.17) is 0 Å². The zero-order valence-corrected chi connectivity index (χ0v) is 10.6. The highest BCUT2D eigenvalue weighted by Crippen LogP contribution is 2.18. The molecule has 1 aliphatic rings. The number of carbonyl (C=O) groups is 1. The van der Waals surface area contributed by atoms with E-state index in [0.29, 0.717) is 6.54 Å². The Kier molecular flexibility index (Phi) is 2.97. The van der Waals surface area contributed by atoms with Crippen LogP contribution in [0.2, 0.25) is 0 Å². The summed E-state index contributed by atoms with van der Waals surface area (Å²) in [7, 11) is 0. The molecule has 3 rings (SSSR count). The largest absolute Gasteiger partial charge is 0.336 e. The third-order valence-electron chi connectivity index (χ3n) is 2.96. The van der Waals surface area contributed by atoms with E-state index in [2.05, 4.69) is 19.2 Å². The predicted molar refractivity (Wildman–Crippen MR) is 68.3 cm³/mol. The van der Waals surface area contributed by atoms with Crippen LogP contribution in [0.25, 0.3) is 11.4 Å². The summed E-state index contributed by atoms with van der Waals surface area (Å²) in [4.78, 5) is 17.6. The van der Waals surface area contributed by atoms with Gasteiger partial charge in [-0.05, 0) is 11.5 Å². The molecule has 3 heterocycles. The van der Waals surface area contributed by atoms with Gasteiger partial charge >= 0.3 is 6.03 Å². The molecule has 0 atom stereocenters. The summed E-state index contributed by atoms with van der Waals surface area (Å²) in [6.45, 7) is 2.97. The molecule has 2 amide bonds. The molecule has 2 aromatic rings. The monoisotopic (exact) mass is 263 g/mol. The zero-order chi connectivity index (χ0) is 12.4. The fourth-order valence-electron chi connectivity index (χ4n) is 2.02. The van der Waals surface area contributed by atoms with Gasteiger partial charge in [0.25, 0.3) is 0 Å². The predicted octanol–water partition coefficient (Wildman–Crippen LogP) is 1.03. The second kappa shape index (κ2) is 4.77. The van der Waals surface area contributed by atoms with Crippen molar-refractivity contribution >= 4 is 17.6 Å². The van der Waals surface area contributed by atoms with Gasteiger partial charge in [0.05, 0.1) is 6.20 Å². The minimum atomic E-state index is 0.0221. The molecule has 6 nitrogen and oxygen atoms in total. The van der Waals surface area contributed by atoms with Gasteiger partial charge in [0.15, 0.2) is 0 Å². The van der Waals surface area contributed by atoms with Crippen LogP contribution in [-0.2, 0) is 6.54 Å². The molecule has 7 heteroatoms. The molecule has 1 aliphatic heterocycles. The van der Waals surface area contributed by atoms with E-state index >= 15 is 0 Å². The van der Waals surface area contributed by atoms with Gasteiger partial charge in [0.2, 0.25) is 0 Å². The molecule has 0 aliphatic carbocycles. The first-order valence-corrected chi connectivity index (χ1v) is 6.62. The summed E-state index contributed by atoms with van der Waals surface area (Å²) in [5.74, 6) is 0.906. The maximum Gasteiger partial charge on any atom is 0.317 e. The topological polar surface area (TPSA) is 63.1 Å². The number of rotatable bonds is 4. The van der Waals surface area contributed by atoms with Crippen molar-refractivity contribution in [3.05, 3.63) is 24.0 Å².